The van der Waals surface area contributed by atoms with Crippen LogP contribution >= 0.6 is 24.0 Å². The fraction of sp³-hybridized carbons (Fsp3) is 0.882. The van der Waals surface area contributed by atoms with E-state index in [-0.39, 0.29) is 29.9 Å². The van der Waals surface area contributed by atoms with Crippen LogP contribution in [-0.4, -0.2) is 49.5 Å². The van der Waals surface area contributed by atoms with Crippen LogP contribution in [-0.2, 0) is 4.79 Å². The highest BCUT2D eigenvalue weighted by Crippen LogP contribution is 2.21. The maximum absolute atomic E-state index is 11.9. The van der Waals surface area contributed by atoms with Crippen LogP contribution in [0.5, 0.6) is 0 Å². The van der Waals surface area contributed by atoms with Crippen LogP contribution in [0.4, 0.5) is 0 Å². The van der Waals surface area contributed by atoms with Crippen molar-refractivity contribution < 1.29 is 4.79 Å². The van der Waals surface area contributed by atoms with E-state index in [1.54, 1.807) is 0 Å². The third kappa shape index (κ3) is 6.85. The van der Waals surface area contributed by atoms with Crippen molar-refractivity contribution in [2.24, 2.45) is 16.8 Å². The molecule has 5 nitrogen and oxygen atoms in total. The number of rotatable bonds is 4. The number of aliphatic imine (C=N–C) groups is 1. The topological polar surface area (TPSA) is 56.7 Å². The number of hydrogen-bond acceptors (Lipinski definition) is 2. The van der Waals surface area contributed by atoms with Crippen LogP contribution in [0.25, 0.3) is 0 Å². The minimum absolute atomic E-state index is 0. The van der Waals surface area contributed by atoms with E-state index < -0.39 is 0 Å². The van der Waals surface area contributed by atoms with Crippen molar-refractivity contribution in [3.05, 3.63) is 0 Å². The molecule has 134 valence electrons. The molecule has 0 aromatic rings. The number of carbonyl (C=O) groups excluding carboxylic acids is 1. The lowest BCUT2D eigenvalue weighted by atomic mass is 9.92. The molecule has 1 heterocycles. The first-order chi connectivity index (χ1) is 10.6. The van der Waals surface area contributed by atoms with E-state index in [9.17, 15) is 4.79 Å². The maximum Gasteiger partial charge on any atom is 0.221 e. The Morgan fingerprint density at radius 1 is 1.17 bits per heavy atom. The molecule has 1 saturated heterocycles. The molecule has 2 rings (SSSR count). The Morgan fingerprint density at radius 2 is 1.78 bits per heavy atom. The van der Waals surface area contributed by atoms with Gasteiger partial charge in [0.25, 0.3) is 0 Å². The minimum atomic E-state index is 0. The number of hydrogen-bond donors (Lipinski definition) is 2. The largest absolute Gasteiger partial charge is 0.356 e. The van der Waals surface area contributed by atoms with Gasteiger partial charge in [0.15, 0.2) is 5.96 Å². The zero-order valence-electron chi connectivity index (χ0n) is 14.8. The SMILES string of the molecule is CN=C(NCCC(=O)NC1CCCC1)N1CC(C)CC(C)C1.I. The molecule has 0 bridgehead atoms. The van der Waals surface area contributed by atoms with Gasteiger partial charge in [0.05, 0.1) is 0 Å². The van der Waals surface area contributed by atoms with Gasteiger partial charge in [-0.25, -0.2) is 0 Å². The molecule has 1 amide bonds. The summed E-state index contributed by atoms with van der Waals surface area (Å²) in [5.74, 6) is 2.50. The van der Waals surface area contributed by atoms with Crippen LogP contribution in [0.2, 0.25) is 0 Å². The van der Waals surface area contributed by atoms with E-state index in [4.69, 9.17) is 0 Å². The van der Waals surface area contributed by atoms with E-state index in [1.807, 2.05) is 7.05 Å². The average Bonchev–Trinajstić information content (AvgIpc) is 2.95. The van der Waals surface area contributed by atoms with Gasteiger partial charge in [0, 0.05) is 39.1 Å². The molecule has 2 fully saturated rings. The molecule has 1 saturated carbocycles. The fourth-order valence-electron chi connectivity index (χ4n) is 3.83. The molecule has 2 aliphatic rings. The van der Waals surface area contributed by atoms with Gasteiger partial charge < -0.3 is 15.5 Å². The number of piperidine rings is 1. The monoisotopic (exact) mass is 436 g/mol. The quantitative estimate of drug-likeness (QED) is 0.405. The summed E-state index contributed by atoms with van der Waals surface area (Å²) in [4.78, 5) is 18.7. The molecule has 23 heavy (non-hydrogen) atoms. The van der Waals surface area contributed by atoms with Crippen molar-refractivity contribution in [3.8, 4) is 0 Å². The number of amides is 1. The lowest BCUT2D eigenvalue weighted by Gasteiger charge is -2.37. The maximum atomic E-state index is 11.9. The van der Waals surface area contributed by atoms with Crippen LogP contribution in [0.3, 0.4) is 0 Å². The van der Waals surface area contributed by atoms with E-state index in [0.717, 1.165) is 31.9 Å². The molecule has 0 aromatic heterocycles. The number of nitrogens with zero attached hydrogens (tertiary/aromatic N) is 2. The van der Waals surface area contributed by atoms with Gasteiger partial charge in [-0.1, -0.05) is 26.7 Å². The van der Waals surface area contributed by atoms with Crippen LogP contribution < -0.4 is 10.6 Å². The molecule has 0 aromatic carbocycles. The molecule has 1 aliphatic heterocycles. The first-order valence-electron chi connectivity index (χ1n) is 8.83. The van der Waals surface area contributed by atoms with Gasteiger partial charge in [0.2, 0.25) is 5.91 Å². The zero-order valence-corrected chi connectivity index (χ0v) is 17.1. The van der Waals surface area contributed by atoms with E-state index in [2.05, 4.69) is 34.4 Å². The van der Waals surface area contributed by atoms with Gasteiger partial charge in [0.1, 0.15) is 0 Å². The third-order valence-corrected chi connectivity index (χ3v) is 4.74. The third-order valence-electron chi connectivity index (χ3n) is 4.74. The molecule has 2 atom stereocenters. The van der Waals surface area contributed by atoms with Crippen molar-refractivity contribution in [1.82, 2.24) is 15.5 Å². The Labute approximate surface area is 158 Å². The summed E-state index contributed by atoms with van der Waals surface area (Å²) in [7, 11) is 1.82. The van der Waals surface area contributed by atoms with E-state index in [1.165, 1.54) is 19.3 Å². The molecular weight excluding hydrogens is 403 g/mol. The summed E-state index contributed by atoms with van der Waals surface area (Å²) in [6.07, 6.45) is 6.60. The Bertz CT molecular complexity index is 386. The molecule has 1 aliphatic carbocycles. The van der Waals surface area contributed by atoms with Crippen molar-refractivity contribution in [3.63, 3.8) is 0 Å². The van der Waals surface area contributed by atoms with E-state index >= 15 is 0 Å². The lowest BCUT2D eigenvalue weighted by Crippen LogP contribution is -2.49. The Kier molecular flexibility index (Phi) is 9.24. The first-order valence-corrected chi connectivity index (χ1v) is 8.83. The van der Waals surface area contributed by atoms with Crippen LogP contribution in [0.15, 0.2) is 4.99 Å². The molecule has 6 heteroatoms. The predicted molar refractivity (Wildman–Crippen MR) is 106 cm³/mol. The van der Waals surface area contributed by atoms with Crippen LogP contribution in [0.1, 0.15) is 52.4 Å². The molecule has 2 N–H and O–H groups in total. The molecule has 0 radical (unpaired) electrons. The summed E-state index contributed by atoms with van der Waals surface area (Å²) in [5, 5.41) is 6.48. The number of guanidine groups is 1. The van der Waals surface area contributed by atoms with Crippen molar-refractivity contribution in [1.29, 1.82) is 0 Å². The van der Waals surface area contributed by atoms with Crippen molar-refractivity contribution >= 4 is 35.8 Å². The molecule has 2 unspecified atom stereocenters. The molecular formula is C17H33IN4O. The standard InChI is InChI=1S/C17H32N4O.HI/c1-13-10-14(2)12-21(11-13)17(18-3)19-9-8-16(22)20-15-6-4-5-7-15;/h13-15H,4-12H2,1-3H3,(H,18,19)(H,20,22);1H. The van der Waals surface area contributed by atoms with Gasteiger partial charge in [-0.15, -0.1) is 24.0 Å². The summed E-state index contributed by atoms with van der Waals surface area (Å²) in [6.45, 7) is 7.36. The summed E-state index contributed by atoms with van der Waals surface area (Å²) >= 11 is 0. The number of nitrogens with one attached hydrogen (secondary N) is 2. The van der Waals surface area contributed by atoms with E-state index in [0.29, 0.717) is 30.8 Å². The highest BCUT2D eigenvalue weighted by atomic mass is 127. The number of halogens is 1. The Balaban J connectivity index is 0.00000264. The zero-order chi connectivity index (χ0) is 15.9. The second kappa shape index (κ2) is 10.4. The summed E-state index contributed by atoms with van der Waals surface area (Å²) in [5.41, 5.74) is 0. The second-order valence-electron chi connectivity index (χ2n) is 7.12. The summed E-state index contributed by atoms with van der Waals surface area (Å²) < 4.78 is 0. The van der Waals surface area contributed by atoms with Gasteiger partial charge >= 0.3 is 0 Å². The fourth-order valence-corrected chi connectivity index (χ4v) is 3.83. The number of likely N-dealkylation sites (tertiary alicyclic amines) is 1. The Hall–Kier alpha value is -0.530. The van der Waals surface area contributed by atoms with Crippen molar-refractivity contribution in [2.75, 3.05) is 26.7 Å². The first kappa shape index (κ1) is 20.5. The lowest BCUT2D eigenvalue weighted by molar-refractivity contribution is -0.121. The predicted octanol–water partition coefficient (Wildman–Crippen LogP) is 2.61. The average molecular weight is 436 g/mol. The minimum Gasteiger partial charge on any atom is -0.356 e. The second-order valence-corrected chi connectivity index (χ2v) is 7.12. The highest BCUT2D eigenvalue weighted by Gasteiger charge is 2.24. The van der Waals surface area contributed by atoms with Gasteiger partial charge in [-0.2, -0.15) is 0 Å². The Morgan fingerprint density at radius 3 is 2.35 bits per heavy atom. The highest BCUT2D eigenvalue weighted by molar-refractivity contribution is 14.0. The van der Waals surface area contributed by atoms with Gasteiger partial charge in [-0.05, 0) is 31.1 Å². The normalized spacial score (nSPS) is 25.9. The number of carbonyl (C=O) groups is 1. The van der Waals surface area contributed by atoms with Gasteiger partial charge in [-0.3, -0.25) is 9.79 Å². The smallest absolute Gasteiger partial charge is 0.221 e. The van der Waals surface area contributed by atoms with Crippen molar-refractivity contribution in [2.45, 2.75) is 58.4 Å². The summed E-state index contributed by atoms with van der Waals surface area (Å²) in [6, 6.07) is 0.413. The molecule has 0 spiro atoms. The van der Waals surface area contributed by atoms with Crippen LogP contribution in [0, 0.1) is 11.8 Å².